The number of aromatic nitrogens is 2. The molecule has 3 N–H and O–H groups in total. The second kappa shape index (κ2) is 5.96. The minimum atomic E-state index is -0.718. The van der Waals surface area contributed by atoms with E-state index >= 15 is 0 Å². The third-order valence-electron chi connectivity index (χ3n) is 2.73. The van der Waals surface area contributed by atoms with E-state index in [9.17, 15) is 8.78 Å². The Kier molecular flexibility index (Phi) is 4.29. The summed E-state index contributed by atoms with van der Waals surface area (Å²) in [5.41, 5.74) is 6.36. The summed E-state index contributed by atoms with van der Waals surface area (Å²) in [6, 6.07) is 2.23. The Bertz CT molecular complexity index is 616. The molecule has 0 aliphatic carbocycles. The maximum Gasteiger partial charge on any atom is 0.150 e. The van der Waals surface area contributed by atoms with Gasteiger partial charge in [0, 0.05) is 18.3 Å². The van der Waals surface area contributed by atoms with Crippen LogP contribution in [-0.4, -0.2) is 21.3 Å². The largest absolute Gasteiger partial charge is 0.389 e. The summed E-state index contributed by atoms with van der Waals surface area (Å²) < 4.78 is 29.2. The average molecular weight is 296 g/mol. The maximum atomic E-state index is 13.8. The van der Waals surface area contributed by atoms with E-state index in [-0.39, 0.29) is 16.2 Å². The van der Waals surface area contributed by atoms with Gasteiger partial charge in [-0.3, -0.25) is 4.68 Å². The molecule has 0 aliphatic rings. The summed E-state index contributed by atoms with van der Waals surface area (Å²) in [5, 5.41) is 6.79. The first-order valence-electron chi connectivity index (χ1n) is 5.99. The number of nitrogens with two attached hydrogens (primary N) is 1. The predicted octanol–water partition coefficient (Wildman–Crippen LogP) is 2.22. The van der Waals surface area contributed by atoms with Crippen LogP contribution in [0.1, 0.15) is 11.1 Å². The number of rotatable bonds is 5. The number of aryl methyl sites for hydroxylation is 1. The SMILES string of the molecule is Cc1cnn(CCNc2c(F)cc(C(N)=S)cc2F)c1. The van der Waals surface area contributed by atoms with Gasteiger partial charge in [-0.05, 0) is 24.6 Å². The van der Waals surface area contributed by atoms with Gasteiger partial charge in [0.2, 0.25) is 0 Å². The molecule has 2 aromatic rings. The van der Waals surface area contributed by atoms with Crippen LogP contribution in [0.15, 0.2) is 24.5 Å². The number of anilines is 1. The van der Waals surface area contributed by atoms with Gasteiger partial charge in [-0.2, -0.15) is 5.10 Å². The zero-order valence-corrected chi connectivity index (χ0v) is 11.7. The number of benzene rings is 1. The summed E-state index contributed by atoms with van der Waals surface area (Å²) >= 11 is 4.69. The summed E-state index contributed by atoms with van der Waals surface area (Å²) in [7, 11) is 0. The first-order chi connectivity index (χ1) is 9.47. The van der Waals surface area contributed by atoms with Gasteiger partial charge in [-0.1, -0.05) is 12.2 Å². The lowest BCUT2D eigenvalue weighted by Gasteiger charge is -2.10. The van der Waals surface area contributed by atoms with E-state index in [2.05, 4.69) is 10.4 Å². The Hall–Kier alpha value is -2.02. The minimum absolute atomic E-state index is 0.0404. The standard InChI is InChI=1S/C13H14F2N4S/c1-8-6-18-19(7-8)3-2-17-12-10(14)4-9(13(16)20)5-11(12)15/h4-7,17H,2-3H2,1H3,(H2,16,20). The molecule has 0 saturated heterocycles. The fourth-order valence-corrected chi connectivity index (χ4v) is 1.89. The van der Waals surface area contributed by atoms with E-state index in [1.807, 2.05) is 13.1 Å². The highest BCUT2D eigenvalue weighted by Gasteiger charge is 2.12. The molecule has 0 bridgehead atoms. The van der Waals surface area contributed by atoms with E-state index in [1.165, 1.54) is 0 Å². The van der Waals surface area contributed by atoms with Crippen LogP contribution in [0.3, 0.4) is 0 Å². The predicted molar refractivity (Wildman–Crippen MR) is 77.7 cm³/mol. The second-order valence-electron chi connectivity index (χ2n) is 4.39. The van der Waals surface area contributed by atoms with Crippen molar-refractivity contribution in [2.75, 3.05) is 11.9 Å². The smallest absolute Gasteiger partial charge is 0.150 e. The Balaban J connectivity index is 2.04. The van der Waals surface area contributed by atoms with E-state index < -0.39 is 11.6 Å². The first kappa shape index (κ1) is 14.4. The van der Waals surface area contributed by atoms with Crippen LogP contribution in [0, 0.1) is 18.6 Å². The number of hydrogen-bond acceptors (Lipinski definition) is 3. The molecule has 0 amide bonds. The van der Waals surface area contributed by atoms with Crippen LogP contribution in [0.4, 0.5) is 14.5 Å². The molecule has 0 spiro atoms. The van der Waals surface area contributed by atoms with Crippen molar-refractivity contribution in [2.24, 2.45) is 5.73 Å². The van der Waals surface area contributed by atoms with E-state index in [0.29, 0.717) is 13.1 Å². The zero-order valence-electron chi connectivity index (χ0n) is 10.9. The number of hydrogen-bond donors (Lipinski definition) is 2. The molecule has 2 rings (SSSR count). The Morgan fingerprint density at radius 3 is 2.55 bits per heavy atom. The quantitative estimate of drug-likeness (QED) is 0.831. The first-order valence-corrected chi connectivity index (χ1v) is 6.40. The molecule has 0 atom stereocenters. The highest BCUT2D eigenvalue weighted by atomic mass is 32.1. The molecule has 0 fully saturated rings. The van der Waals surface area contributed by atoms with Gasteiger partial charge in [-0.25, -0.2) is 8.78 Å². The van der Waals surface area contributed by atoms with Crippen LogP contribution < -0.4 is 11.1 Å². The van der Waals surface area contributed by atoms with Gasteiger partial charge in [0.15, 0.2) is 0 Å². The fraction of sp³-hybridized carbons (Fsp3) is 0.231. The molecule has 106 valence electrons. The van der Waals surface area contributed by atoms with Crippen molar-refractivity contribution >= 4 is 22.9 Å². The minimum Gasteiger partial charge on any atom is -0.389 e. The zero-order chi connectivity index (χ0) is 14.7. The monoisotopic (exact) mass is 296 g/mol. The molecule has 0 saturated carbocycles. The maximum absolute atomic E-state index is 13.8. The van der Waals surface area contributed by atoms with Gasteiger partial charge in [0.1, 0.15) is 22.3 Å². The van der Waals surface area contributed by atoms with Gasteiger partial charge in [-0.15, -0.1) is 0 Å². The van der Waals surface area contributed by atoms with Crippen LogP contribution in [-0.2, 0) is 6.54 Å². The van der Waals surface area contributed by atoms with Gasteiger partial charge >= 0.3 is 0 Å². The number of halogens is 2. The van der Waals surface area contributed by atoms with E-state index in [0.717, 1.165) is 17.7 Å². The summed E-state index contributed by atoms with van der Waals surface area (Å²) in [6.45, 7) is 2.77. The van der Waals surface area contributed by atoms with Gasteiger partial charge in [0.05, 0.1) is 12.7 Å². The lowest BCUT2D eigenvalue weighted by atomic mass is 10.2. The Morgan fingerprint density at radius 2 is 2.05 bits per heavy atom. The van der Waals surface area contributed by atoms with Crippen molar-refractivity contribution in [1.82, 2.24) is 9.78 Å². The molecule has 0 aliphatic heterocycles. The lowest BCUT2D eigenvalue weighted by Crippen LogP contribution is -2.15. The number of nitrogens with one attached hydrogen (secondary N) is 1. The van der Waals surface area contributed by atoms with Crippen LogP contribution >= 0.6 is 12.2 Å². The van der Waals surface area contributed by atoms with Crippen molar-refractivity contribution in [1.29, 1.82) is 0 Å². The highest BCUT2D eigenvalue weighted by Crippen LogP contribution is 2.20. The lowest BCUT2D eigenvalue weighted by molar-refractivity contribution is 0.581. The van der Waals surface area contributed by atoms with Crippen molar-refractivity contribution in [3.05, 3.63) is 47.3 Å². The number of thiocarbonyl (C=S) groups is 1. The molecule has 1 heterocycles. The van der Waals surface area contributed by atoms with Gasteiger partial charge in [0.25, 0.3) is 0 Å². The van der Waals surface area contributed by atoms with Gasteiger partial charge < -0.3 is 11.1 Å². The molecule has 7 heteroatoms. The Labute approximate surface area is 120 Å². The normalized spacial score (nSPS) is 10.6. The van der Waals surface area contributed by atoms with Crippen LogP contribution in [0.2, 0.25) is 0 Å². The third-order valence-corrected chi connectivity index (χ3v) is 2.97. The van der Waals surface area contributed by atoms with Crippen LogP contribution in [0.5, 0.6) is 0 Å². The van der Waals surface area contributed by atoms with Crippen molar-refractivity contribution in [3.8, 4) is 0 Å². The second-order valence-corrected chi connectivity index (χ2v) is 4.83. The van der Waals surface area contributed by atoms with Crippen molar-refractivity contribution < 1.29 is 8.78 Å². The molecule has 1 aromatic heterocycles. The average Bonchev–Trinajstić information content (AvgIpc) is 2.78. The molecule has 4 nitrogen and oxygen atoms in total. The van der Waals surface area contributed by atoms with Crippen LogP contribution in [0.25, 0.3) is 0 Å². The highest BCUT2D eigenvalue weighted by molar-refractivity contribution is 7.80. The molecular weight excluding hydrogens is 282 g/mol. The summed E-state index contributed by atoms with van der Waals surface area (Å²) in [4.78, 5) is -0.0404. The summed E-state index contributed by atoms with van der Waals surface area (Å²) in [5.74, 6) is -1.44. The molecular formula is C13H14F2N4S. The molecule has 1 aromatic carbocycles. The number of nitrogens with zero attached hydrogens (tertiary/aromatic N) is 2. The topological polar surface area (TPSA) is 55.9 Å². The van der Waals surface area contributed by atoms with Crippen molar-refractivity contribution in [3.63, 3.8) is 0 Å². The molecule has 20 heavy (non-hydrogen) atoms. The fourth-order valence-electron chi connectivity index (χ4n) is 1.77. The third kappa shape index (κ3) is 3.30. The Morgan fingerprint density at radius 1 is 1.40 bits per heavy atom. The van der Waals surface area contributed by atoms with E-state index in [1.54, 1.807) is 10.9 Å². The summed E-state index contributed by atoms with van der Waals surface area (Å²) in [6.07, 6.45) is 3.57. The molecule has 0 radical (unpaired) electrons. The molecule has 0 unspecified atom stereocenters. The van der Waals surface area contributed by atoms with Crippen molar-refractivity contribution in [2.45, 2.75) is 13.5 Å². The van der Waals surface area contributed by atoms with E-state index in [4.69, 9.17) is 18.0 Å².